The third-order valence-corrected chi connectivity index (χ3v) is 5.82. The molecule has 0 amide bonds. The van der Waals surface area contributed by atoms with E-state index >= 15 is 0 Å². The fourth-order valence-corrected chi connectivity index (χ4v) is 3.83. The van der Waals surface area contributed by atoms with Crippen LogP contribution in [0.1, 0.15) is 28.4 Å². The van der Waals surface area contributed by atoms with Crippen LogP contribution in [0.2, 0.25) is 5.02 Å². The van der Waals surface area contributed by atoms with Gasteiger partial charge in [-0.2, -0.15) is 5.10 Å². The van der Waals surface area contributed by atoms with Crippen LogP contribution < -0.4 is 10.6 Å². The molecule has 0 saturated carbocycles. The lowest BCUT2D eigenvalue weighted by atomic mass is 10.1. The van der Waals surface area contributed by atoms with Crippen LogP contribution in [0.4, 0.5) is 0 Å². The molecule has 3 rings (SSSR count). The number of guanidine groups is 1. The Kier molecular flexibility index (Phi) is 7.45. The Balaban J connectivity index is 1.57. The number of rotatable bonds is 8. The quantitative estimate of drug-likeness (QED) is 0.435. The van der Waals surface area contributed by atoms with Crippen LogP contribution in [0.15, 0.2) is 53.9 Å². The van der Waals surface area contributed by atoms with Crippen molar-refractivity contribution in [1.29, 1.82) is 0 Å². The first-order valence-corrected chi connectivity index (χ1v) is 10.5. The number of thiazole rings is 1. The molecule has 2 aromatic heterocycles. The number of nitrogens with zero attached hydrogens (tertiary/aromatic N) is 4. The Morgan fingerprint density at radius 1 is 1.29 bits per heavy atom. The molecule has 6 nitrogen and oxygen atoms in total. The van der Waals surface area contributed by atoms with Gasteiger partial charge in [0.25, 0.3) is 0 Å². The first-order valence-electron chi connectivity index (χ1n) is 9.32. The molecule has 3 aromatic rings. The summed E-state index contributed by atoms with van der Waals surface area (Å²) >= 11 is 7.81. The first-order chi connectivity index (χ1) is 13.7. The SMILES string of the molecule is CCc1cnc(CCNC(=NC)NCC(c2ccc(Cl)cc2)n2cccn2)s1. The van der Waals surface area contributed by atoms with E-state index in [1.807, 2.05) is 47.4 Å². The summed E-state index contributed by atoms with van der Waals surface area (Å²) in [5.41, 5.74) is 1.13. The predicted octanol–water partition coefficient (Wildman–Crippen LogP) is 3.55. The molecular weight excluding hydrogens is 392 g/mol. The Bertz CT molecular complexity index is 873. The van der Waals surface area contributed by atoms with Crippen molar-refractivity contribution in [2.45, 2.75) is 25.8 Å². The van der Waals surface area contributed by atoms with E-state index in [9.17, 15) is 0 Å². The van der Waals surface area contributed by atoms with Crippen LogP contribution >= 0.6 is 22.9 Å². The highest BCUT2D eigenvalue weighted by Crippen LogP contribution is 2.19. The minimum atomic E-state index is 0.0388. The van der Waals surface area contributed by atoms with Crippen molar-refractivity contribution in [1.82, 2.24) is 25.4 Å². The minimum absolute atomic E-state index is 0.0388. The zero-order valence-corrected chi connectivity index (χ0v) is 17.7. The Labute approximate surface area is 174 Å². The van der Waals surface area contributed by atoms with Crippen LogP contribution in [0, 0.1) is 0 Å². The number of halogens is 1. The molecule has 28 heavy (non-hydrogen) atoms. The lowest BCUT2D eigenvalue weighted by Crippen LogP contribution is -2.41. The van der Waals surface area contributed by atoms with Crippen molar-refractivity contribution in [3.05, 3.63) is 69.4 Å². The second-order valence-electron chi connectivity index (χ2n) is 6.26. The topological polar surface area (TPSA) is 67.1 Å². The standard InChI is InChI=1S/C20H25ClN6S/c1-3-17-13-24-19(28-17)9-11-23-20(22-2)25-14-18(27-12-4-10-26-27)15-5-7-16(21)8-6-15/h4-8,10,12-13,18H,3,9,11,14H2,1-2H3,(H2,22,23,25). The van der Waals surface area contributed by atoms with E-state index < -0.39 is 0 Å². The zero-order chi connectivity index (χ0) is 19.8. The van der Waals surface area contributed by atoms with E-state index in [0.717, 1.165) is 40.9 Å². The molecular formula is C20H25ClN6S. The maximum atomic E-state index is 6.04. The maximum Gasteiger partial charge on any atom is 0.191 e. The predicted molar refractivity (Wildman–Crippen MR) is 116 cm³/mol. The summed E-state index contributed by atoms with van der Waals surface area (Å²) in [5, 5.41) is 13.0. The van der Waals surface area contributed by atoms with Crippen LogP contribution in [-0.2, 0) is 12.8 Å². The van der Waals surface area contributed by atoms with Crippen molar-refractivity contribution < 1.29 is 0 Å². The molecule has 0 bridgehead atoms. The Morgan fingerprint density at radius 3 is 2.75 bits per heavy atom. The second kappa shape index (κ2) is 10.2. The number of nitrogens with one attached hydrogen (secondary N) is 2. The molecule has 8 heteroatoms. The Hall–Kier alpha value is -2.38. The molecule has 0 fully saturated rings. The van der Waals surface area contributed by atoms with Gasteiger partial charge in [0.2, 0.25) is 0 Å². The monoisotopic (exact) mass is 416 g/mol. The normalized spacial score (nSPS) is 12.8. The van der Waals surface area contributed by atoms with Crippen molar-refractivity contribution in [3.8, 4) is 0 Å². The summed E-state index contributed by atoms with van der Waals surface area (Å²) < 4.78 is 1.94. The van der Waals surface area contributed by atoms with E-state index in [0.29, 0.717) is 6.54 Å². The van der Waals surface area contributed by atoms with Crippen molar-refractivity contribution in [3.63, 3.8) is 0 Å². The second-order valence-corrected chi connectivity index (χ2v) is 7.89. The molecule has 1 aromatic carbocycles. The number of aliphatic imine (C=N–C) groups is 1. The highest BCUT2D eigenvalue weighted by molar-refractivity contribution is 7.11. The fraction of sp³-hybridized carbons (Fsp3) is 0.350. The highest BCUT2D eigenvalue weighted by atomic mass is 35.5. The molecule has 1 atom stereocenters. The fourth-order valence-electron chi connectivity index (χ4n) is 2.84. The summed E-state index contributed by atoms with van der Waals surface area (Å²) in [5.74, 6) is 0.762. The summed E-state index contributed by atoms with van der Waals surface area (Å²) in [7, 11) is 1.78. The number of hydrogen-bond donors (Lipinski definition) is 2. The van der Waals surface area contributed by atoms with Crippen LogP contribution in [-0.4, -0.2) is 40.9 Å². The minimum Gasteiger partial charge on any atom is -0.356 e. The van der Waals surface area contributed by atoms with Gasteiger partial charge in [-0.1, -0.05) is 30.7 Å². The lowest BCUT2D eigenvalue weighted by Gasteiger charge is -2.20. The third kappa shape index (κ3) is 5.56. The van der Waals surface area contributed by atoms with Gasteiger partial charge in [0.15, 0.2) is 5.96 Å². The molecule has 2 N–H and O–H groups in total. The maximum absolute atomic E-state index is 6.04. The molecule has 0 saturated heterocycles. The number of aryl methyl sites for hydroxylation is 1. The zero-order valence-electron chi connectivity index (χ0n) is 16.1. The highest BCUT2D eigenvalue weighted by Gasteiger charge is 2.15. The van der Waals surface area contributed by atoms with Gasteiger partial charge in [-0.05, 0) is 30.2 Å². The van der Waals surface area contributed by atoms with Gasteiger partial charge in [-0.25, -0.2) is 4.98 Å². The number of hydrogen-bond acceptors (Lipinski definition) is 4. The van der Waals surface area contributed by atoms with Crippen molar-refractivity contribution in [2.75, 3.05) is 20.1 Å². The van der Waals surface area contributed by atoms with Crippen LogP contribution in [0.3, 0.4) is 0 Å². The average molecular weight is 417 g/mol. The van der Waals surface area contributed by atoms with Gasteiger partial charge < -0.3 is 10.6 Å². The third-order valence-electron chi connectivity index (χ3n) is 4.37. The van der Waals surface area contributed by atoms with Crippen LogP contribution in [0.5, 0.6) is 0 Å². The average Bonchev–Trinajstić information content (AvgIpc) is 3.40. The van der Waals surface area contributed by atoms with E-state index in [1.54, 1.807) is 24.6 Å². The summed E-state index contributed by atoms with van der Waals surface area (Å²) in [6.07, 6.45) is 7.63. The molecule has 2 heterocycles. The van der Waals surface area contributed by atoms with E-state index in [1.165, 1.54) is 4.88 Å². The van der Waals surface area contributed by atoms with Gasteiger partial charge in [-0.3, -0.25) is 9.67 Å². The molecule has 1 unspecified atom stereocenters. The van der Waals surface area contributed by atoms with E-state index in [4.69, 9.17) is 11.6 Å². The van der Waals surface area contributed by atoms with Crippen LogP contribution in [0.25, 0.3) is 0 Å². The van der Waals surface area contributed by atoms with Gasteiger partial charge in [-0.15, -0.1) is 11.3 Å². The van der Waals surface area contributed by atoms with Crippen molar-refractivity contribution in [2.24, 2.45) is 4.99 Å². The first kappa shape index (κ1) is 20.4. The molecule has 0 aliphatic carbocycles. The van der Waals surface area contributed by atoms with Gasteiger partial charge in [0, 0.05) is 55.0 Å². The smallest absolute Gasteiger partial charge is 0.191 e. The largest absolute Gasteiger partial charge is 0.356 e. The van der Waals surface area contributed by atoms with Crippen molar-refractivity contribution >= 4 is 28.9 Å². The molecule has 148 valence electrons. The molecule has 0 aliphatic rings. The van der Waals surface area contributed by atoms with Gasteiger partial charge >= 0.3 is 0 Å². The Morgan fingerprint density at radius 2 is 2.11 bits per heavy atom. The lowest BCUT2D eigenvalue weighted by molar-refractivity contribution is 0.511. The van der Waals surface area contributed by atoms with Gasteiger partial charge in [0.1, 0.15) is 0 Å². The number of aromatic nitrogens is 3. The summed E-state index contributed by atoms with van der Waals surface area (Å²) in [6.45, 7) is 3.59. The number of benzene rings is 1. The van der Waals surface area contributed by atoms with E-state index in [-0.39, 0.29) is 6.04 Å². The molecule has 0 spiro atoms. The molecule has 0 aliphatic heterocycles. The summed E-state index contributed by atoms with van der Waals surface area (Å²) in [6, 6.07) is 9.82. The van der Waals surface area contributed by atoms with E-state index in [2.05, 4.69) is 32.6 Å². The van der Waals surface area contributed by atoms with Gasteiger partial charge in [0.05, 0.1) is 11.0 Å². The molecule has 0 radical (unpaired) electrons. The summed E-state index contributed by atoms with van der Waals surface area (Å²) in [4.78, 5) is 10.1.